The minimum atomic E-state index is -0.489. The van der Waals surface area contributed by atoms with E-state index in [0.29, 0.717) is 6.54 Å². The van der Waals surface area contributed by atoms with Crippen molar-refractivity contribution in [1.29, 1.82) is 0 Å². The van der Waals surface area contributed by atoms with E-state index in [1.54, 1.807) is 6.20 Å². The fraction of sp³-hybridized carbons (Fsp3) is 0.667. The van der Waals surface area contributed by atoms with E-state index < -0.39 is 5.60 Å². The Hall–Kier alpha value is -1.62. The molecule has 0 fully saturated rings. The number of carbonyl (C=O) groups excluding carboxylic acids is 1. The molecule has 130 valence electrons. The smallest absolute Gasteiger partial charge is 0.408 e. The van der Waals surface area contributed by atoms with E-state index in [1.165, 1.54) is 11.1 Å². The van der Waals surface area contributed by atoms with Crippen molar-refractivity contribution in [3.8, 4) is 0 Å². The van der Waals surface area contributed by atoms with Gasteiger partial charge in [0, 0.05) is 25.5 Å². The normalized spacial score (nSPS) is 12.1. The lowest BCUT2D eigenvalue weighted by Crippen LogP contribution is -2.55. The number of carbonyl (C=O) groups is 1. The SMILES string of the molecule is CCC(CC)(CNCc1cnccc1C)NC(=O)OC(C)(C)C. The number of hydrogen-bond acceptors (Lipinski definition) is 4. The van der Waals surface area contributed by atoms with Gasteiger partial charge in [0.2, 0.25) is 0 Å². The topological polar surface area (TPSA) is 63.2 Å². The summed E-state index contributed by atoms with van der Waals surface area (Å²) in [5.41, 5.74) is 1.59. The average Bonchev–Trinajstić information content (AvgIpc) is 2.46. The third kappa shape index (κ3) is 6.57. The Balaban J connectivity index is 2.63. The molecule has 5 nitrogen and oxygen atoms in total. The van der Waals surface area contributed by atoms with Gasteiger partial charge in [-0.2, -0.15) is 0 Å². The molecule has 1 aromatic heterocycles. The maximum atomic E-state index is 12.1. The highest BCUT2D eigenvalue weighted by atomic mass is 16.6. The van der Waals surface area contributed by atoms with Crippen LogP contribution in [0.1, 0.15) is 58.6 Å². The van der Waals surface area contributed by atoms with Crippen LogP contribution in [0.15, 0.2) is 18.5 Å². The standard InChI is InChI=1S/C18H31N3O2/c1-7-18(8-2,21-16(22)23-17(4,5)6)13-20-12-15-11-19-10-9-14(15)3/h9-11,20H,7-8,12-13H2,1-6H3,(H,21,22). The number of alkyl carbamates (subject to hydrolysis) is 1. The predicted molar refractivity (Wildman–Crippen MR) is 93.4 cm³/mol. The number of rotatable bonds is 7. The number of aromatic nitrogens is 1. The van der Waals surface area contributed by atoms with E-state index in [2.05, 4.69) is 36.4 Å². The van der Waals surface area contributed by atoms with Crippen molar-refractivity contribution in [2.24, 2.45) is 0 Å². The van der Waals surface area contributed by atoms with Gasteiger partial charge in [0.15, 0.2) is 0 Å². The van der Waals surface area contributed by atoms with Gasteiger partial charge in [0.05, 0.1) is 5.54 Å². The number of aryl methyl sites for hydroxylation is 1. The van der Waals surface area contributed by atoms with E-state index in [-0.39, 0.29) is 11.6 Å². The molecule has 0 aliphatic carbocycles. The molecule has 1 heterocycles. The number of nitrogens with zero attached hydrogens (tertiary/aromatic N) is 1. The summed E-state index contributed by atoms with van der Waals surface area (Å²) in [6.07, 6.45) is 4.98. The van der Waals surface area contributed by atoms with Crippen LogP contribution in [0.5, 0.6) is 0 Å². The lowest BCUT2D eigenvalue weighted by Gasteiger charge is -2.34. The third-order valence-corrected chi connectivity index (χ3v) is 4.05. The Labute approximate surface area is 140 Å². The number of pyridine rings is 1. The van der Waals surface area contributed by atoms with Crippen LogP contribution in [0, 0.1) is 6.92 Å². The van der Waals surface area contributed by atoms with E-state index in [4.69, 9.17) is 4.74 Å². The van der Waals surface area contributed by atoms with E-state index in [1.807, 2.05) is 33.0 Å². The van der Waals surface area contributed by atoms with E-state index in [9.17, 15) is 4.79 Å². The van der Waals surface area contributed by atoms with Crippen molar-refractivity contribution >= 4 is 6.09 Å². The van der Waals surface area contributed by atoms with Crippen molar-refractivity contribution in [3.63, 3.8) is 0 Å². The summed E-state index contributed by atoms with van der Waals surface area (Å²) in [5.74, 6) is 0. The van der Waals surface area contributed by atoms with Crippen LogP contribution in [0.25, 0.3) is 0 Å². The van der Waals surface area contributed by atoms with Gasteiger partial charge in [-0.25, -0.2) is 4.79 Å². The number of hydrogen-bond donors (Lipinski definition) is 2. The van der Waals surface area contributed by atoms with E-state index >= 15 is 0 Å². The summed E-state index contributed by atoms with van der Waals surface area (Å²) >= 11 is 0. The highest BCUT2D eigenvalue weighted by molar-refractivity contribution is 5.68. The second-order valence-corrected chi connectivity index (χ2v) is 7.02. The van der Waals surface area contributed by atoms with Crippen LogP contribution in [0.3, 0.4) is 0 Å². The van der Waals surface area contributed by atoms with Crippen molar-refractivity contribution in [1.82, 2.24) is 15.6 Å². The zero-order chi connectivity index (χ0) is 17.5. The van der Waals surface area contributed by atoms with Gasteiger partial charge in [-0.15, -0.1) is 0 Å². The van der Waals surface area contributed by atoms with Gasteiger partial charge >= 0.3 is 6.09 Å². The molecule has 1 amide bonds. The first kappa shape index (κ1) is 19.4. The Kier molecular flexibility index (Phi) is 7.01. The lowest BCUT2D eigenvalue weighted by atomic mass is 9.92. The van der Waals surface area contributed by atoms with Crippen LogP contribution in [0.2, 0.25) is 0 Å². The fourth-order valence-corrected chi connectivity index (χ4v) is 2.36. The summed E-state index contributed by atoms with van der Waals surface area (Å²) in [6.45, 7) is 13.3. The molecular weight excluding hydrogens is 290 g/mol. The quantitative estimate of drug-likeness (QED) is 0.806. The summed E-state index contributed by atoms with van der Waals surface area (Å²) in [6, 6.07) is 2.00. The molecule has 0 atom stereocenters. The molecule has 0 aliphatic rings. The molecule has 2 N–H and O–H groups in total. The first-order chi connectivity index (χ1) is 10.7. The summed E-state index contributed by atoms with van der Waals surface area (Å²) < 4.78 is 5.39. The number of nitrogens with one attached hydrogen (secondary N) is 2. The molecule has 0 aliphatic heterocycles. The highest BCUT2D eigenvalue weighted by Gasteiger charge is 2.30. The maximum Gasteiger partial charge on any atom is 0.408 e. The van der Waals surface area contributed by atoms with E-state index in [0.717, 1.165) is 19.4 Å². The Bertz CT molecular complexity index is 505. The molecule has 1 aromatic rings. The van der Waals surface area contributed by atoms with Gasteiger partial charge in [-0.05, 0) is 57.7 Å². The molecular formula is C18H31N3O2. The first-order valence-corrected chi connectivity index (χ1v) is 8.32. The average molecular weight is 321 g/mol. The second kappa shape index (κ2) is 8.29. The zero-order valence-electron chi connectivity index (χ0n) is 15.3. The molecule has 0 saturated carbocycles. The van der Waals surface area contributed by atoms with Crippen LogP contribution in [0.4, 0.5) is 4.79 Å². The molecule has 0 aromatic carbocycles. The molecule has 0 saturated heterocycles. The Morgan fingerprint density at radius 1 is 1.26 bits per heavy atom. The minimum Gasteiger partial charge on any atom is -0.444 e. The van der Waals surface area contributed by atoms with Crippen LogP contribution >= 0.6 is 0 Å². The molecule has 0 unspecified atom stereocenters. The van der Waals surface area contributed by atoms with Gasteiger partial charge < -0.3 is 15.4 Å². The van der Waals surface area contributed by atoms with Crippen LogP contribution in [-0.4, -0.2) is 28.8 Å². The van der Waals surface area contributed by atoms with Crippen molar-refractivity contribution in [2.75, 3.05) is 6.54 Å². The number of ether oxygens (including phenoxy) is 1. The van der Waals surface area contributed by atoms with Crippen LogP contribution < -0.4 is 10.6 Å². The van der Waals surface area contributed by atoms with Gasteiger partial charge in [0.25, 0.3) is 0 Å². The molecule has 5 heteroatoms. The van der Waals surface area contributed by atoms with Crippen molar-refractivity contribution in [2.45, 2.75) is 72.1 Å². The monoisotopic (exact) mass is 321 g/mol. The largest absolute Gasteiger partial charge is 0.444 e. The zero-order valence-corrected chi connectivity index (χ0v) is 15.3. The maximum absolute atomic E-state index is 12.1. The molecule has 0 spiro atoms. The third-order valence-electron chi connectivity index (χ3n) is 4.05. The second-order valence-electron chi connectivity index (χ2n) is 7.02. The van der Waals surface area contributed by atoms with Gasteiger partial charge in [-0.1, -0.05) is 13.8 Å². The lowest BCUT2D eigenvalue weighted by molar-refractivity contribution is 0.0446. The summed E-state index contributed by atoms with van der Waals surface area (Å²) in [7, 11) is 0. The Morgan fingerprint density at radius 2 is 1.91 bits per heavy atom. The van der Waals surface area contributed by atoms with Gasteiger partial charge in [0.1, 0.15) is 5.60 Å². The predicted octanol–water partition coefficient (Wildman–Crippen LogP) is 3.56. The fourth-order valence-electron chi connectivity index (χ4n) is 2.36. The highest BCUT2D eigenvalue weighted by Crippen LogP contribution is 2.16. The summed E-state index contributed by atoms with van der Waals surface area (Å²) in [5, 5.41) is 6.49. The van der Waals surface area contributed by atoms with Crippen molar-refractivity contribution in [3.05, 3.63) is 29.6 Å². The van der Waals surface area contributed by atoms with Crippen LogP contribution in [-0.2, 0) is 11.3 Å². The summed E-state index contributed by atoms with van der Waals surface area (Å²) in [4.78, 5) is 16.3. The Morgan fingerprint density at radius 3 is 2.43 bits per heavy atom. The molecule has 1 rings (SSSR count). The first-order valence-electron chi connectivity index (χ1n) is 8.32. The minimum absolute atomic E-state index is 0.307. The van der Waals surface area contributed by atoms with Crippen molar-refractivity contribution < 1.29 is 9.53 Å². The molecule has 0 radical (unpaired) electrons. The number of amides is 1. The van der Waals surface area contributed by atoms with Gasteiger partial charge in [-0.3, -0.25) is 4.98 Å². The molecule has 23 heavy (non-hydrogen) atoms. The molecule has 0 bridgehead atoms.